The van der Waals surface area contributed by atoms with E-state index in [2.05, 4.69) is 32.5 Å². The van der Waals surface area contributed by atoms with Crippen LogP contribution in [-0.2, 0) is 0 Å². The van der Waals surface area contributed by atoms with Gasteiger partial charge in [-0.05, 0) is 49.8 Å². The molecule has 130 valence electrons. The molecule has 0 spiro atoms. The van der Waals surface area contributed by atoms with Crippen molar-refractivity contribution in [2.45, 2.75) is 32.7 Å². The molecule has 3 aromatic rings. The smallest absolute Gasteiger partial charge is 0.261 e. The number of hydrogen-bond donors (Lipinski definition) is 1. The SMILES string of the molecule is Cc1ccc(C(=O)NC2CCN(c3ncnc4scc(C)c34)CC2)s1. The third kappa shape index (κ3) is 3.26. The van der Waals surface area contributed by atoms with Gasteiger partial charge in [-0.15, -0.1) is 22.7 Å². The third-order valence-corrected chi connectivity index (χ3v) is 6.63. The summed E-state index contributed by atoms with van der Waals surface area (Å²) >= 11 is 3.21. The van der Waals surface area contributed by atoms with Crippen molar-refractivity contribution >= 4 is 44.6 Å². The Kier molecular flexibility index (Phi) is 4.43. The van der Waals surface area contributed by atoms with Gasteiger partial charge in [0.1, 0.15) is 17.0 Å². The summed E-state index contributed by atoms with van der Waals surface area (Å²) in [5.41, 5.74) is 1.24. The number of carbonyl (C=O) groups is 1. The van der Waals surface area contributed by atoms with Gasteiger partial charge in [0, 0.05) is 24.0 Å². The quantitative estimate of drug-likeness (QED) is 0.760. The van der Waals surface area contributed by atoms with Crippen LogP contribution in [0.4, 0.5) is 5.82 Å². The zero-order valence-electron chi connectivity index (χ0n) is 14.3. The fourth-order valence-electron chi connectivity index (χ4n) is 3.29. The number of aromatic nitrogens is 2. The number of fused-ring (bicyclic) bond motifs is 1. The van der Waals surface area contributed by atoms with E-state index in [4.69, 9.17) is 0 Å². The van der Waals surface area contributed by atoms with Gasteiger partial charge in [0.15, 0.2) is 0 Å². The average molecular weight is 373 g/mol. The molecular weight excluding hydrogens is 352 g/mol. The monoisotopic (exact) mass is 372 g/mol. The van der Waals surface area contributed by atoms with Gasteiger partial charge in [0.2, 0.25) is 0 Å². The van der Waals surface area contributed by atoms with E-state index in [1.807, 2.05) is 19.1 Å². The van der Waals surface area contributed by atoms with Gasteiger partial charge in [0.05, 0.1) is 10.3 Å². The van der Waals surface area contributed by atoms with Crippen LogP contribution in [0, 0.1) is 13.8 Å². The van der Waals surface area contributed by atoms with Crippen molar-refractivity contribution in [1.29, 1.82) is 0 Å². The topological polar surface area (TPSA) is 58.1 Å². The number of piperidine rings is 1. The van der Waals surface area contributed by atoms with Crippen LogP contribution in [0.5, 0.6) is 0 Å². The molecule has 25 heavy (non-hydrogen) atoms. The third-order valence-electron chi connectivity index (χ3n) is 4.63. The van der Waals surface area contributed by atoms with Crippen LogP contribution < -0.4 is 10.2 Å². The molecule has 4 heterocycles. The minimum absolute atomic E-state index is 0.0506. The largest absolute Gasteiger partial charge is 0.356 e. The number of nitrogens with zero attached hydrogens (tertiary/aromatic N) is 3. The molecule has 0 radical (unpaired) electrons. The van der Waals surface area contributed by atoms with Crippen molar-refractivity contribution in [3.63, 3.8) is 0 Å². The van der Waals surface area contributed by atoms with E-state index in [9.17, 15) is 4.79 Å². The fraction of sp³-hybridized carbons (Fsp3) is 0.389. The molecule has 5 nitrogen and oxygen atoms in total. The van der Waals surface area contributed by atoms with E-state index in [1.165, 1.54) is 15.8 Å². The van der Waals surface area contributed by atoms with Crippen LogP contribution in [0.3, 0.4) is 0 Å². The van der Waals surface area contributed by atoms with Gasteiger partial charge in [0.25, 0.3) is 5.91 Å². The van der Waals surface area contributed by atoms with Crippen LogP contribution in [0.1, 0.15) is 33.0 Å². The first-order chi connectivity index (χ1) is 12.1. The summed E-state index contributed by atoms with van der Waals surface area (Å²) in [7, 11) is 0. The standard InChI is InChI=1S/C18H20N4OS2/c1-11-9-24-18-15(11)16(19-10-20-18)22-7-5-13(6-8-22)21-17(23)14-4-3-12(2)25-14/h3-4,9-10,13H,5-8H2,1-2H3,(H,21,23). The lowest BCUT2D eigenvalue weighted by Crippen LogP contribution is -2.44. The number of rotatable bonds is 3. The van der Waals surface area contributed by atoms with Gasteiger partial charge in [-0.25, -0.2) is 9.97 Å². The van der Waals surface area contributed by atoms with E-state index >= 15 is 0 Å². The molecule has 0 aliphatic carbocycles. The second-order valence-electron chi connectivity index (χ2n) is 6.44. The van der Waals surface area contributed by atoms with E-state index < -0.39 is 0 Å². The maximum absolute atomic E-state index is 12.3. The molecule has 4 rings (SSSR count). The molecule has 0 atom stereocenters. The minimum atomic E-state index is 0.0506. The Bertz CT molecular complexity index is 909. The molecule has 1 saturated heterocycles. The maximum Gasteiger partial charge on any atom is 0.261 e. The number of anilines is 1. The number of carbonyl (C=O) groups excluding carboxylic acids is 1. The van der Waals surface area contributed by atoms with Gasteiger partial charge in [-0.3, -0.25) is 4.79 Å². The minimum Gasteiger partial charge on any atom is -0.356 e. The highest BCUT2D eigenvalue weighted by molar-refractivity contribution is 7.17. The van der Waals surface area contributed by atoms with E-state index in [0.29, 0.717) is 0 Å². The first-order valence-corrected chi connectivity index (χ1v) is 10.1. The Morgan fingerprint density at radius 1 is 1.24 bits per heavy atom. The first-order valence-electron chi connectivity index (χ1n) is 8.43. The lowest BCUT2D eigenvalue weighted by atomic mass is 10.0. The van der Waals surface area contributed by atoms with Crippen molar-refractivity contribution in [2.75, 3.05) is 18.0 Å². The number of amides is 1. The summed E-state index contributed by atoms with van der Waals surface area (Å²) in [6.07, 6.45) is 3.52. The Hall–Kier alpha value is -1.99. The van der Waals surface area contributed by atoms with Crippen LogP contribution in [-0.4, -0.2) is 35.0 Å². The summed E-state index contributed by atoms with van der Waals surface area (Å²) in [5.74, 6) is 1.08. The molecular formula is C18H20N4OS2. The zero-order valence-corrected chi connectivity index (χ0v) is 15.9. The van der Waals surface area contributed by atoms with Gasteiger partial charge >= 0.3 is 0 Å². The highest BCUT2D eigenvalue weighted by Gasteiger charge is 2.24. The maximum atomic E-state index is 12.3. The Morgan fingerprint density at radius 3 is 2.76 bits per heavy atom. The summed E-state index contributed by atoms with van der Waals surface area (Å²) in [6.45, 7) is 5.93. The molecule has 0 aromatic carbocycles. The lowest BCUT2D eigenvalue weighted by Gasteiger charge is -2.33. The van der Waals surface area contributed by atoms with Crippen molar-refractivity contribution in [3.8, 4) is 0 Å². The number of hydrogen-bond acceptors (Lipinski definition) is 6. The van der Waals surface area contributed by atoms with Crippen molar-refractivity contribution < 1.29 is 4.79 Å². The molecule has 0 bridgehead atoms. The van der Waals surface area contributed by atoms with Crippen molar-refractivity contribution in [3.05, 3.63) is 39.2 Å². The molecule has 1 aliphatic heterocycles. The molecule has 0 unspecified atom stereocenters. The fourth-order valence-corrected chi connectivity index (χ4v) is 4.94. The normalized spacial score (nSPS) is 15.7. The number of nitrogens with one attached hydrogen (secondary N) is 1. The van der Waals surface area contributed by atoms with E-state index in [0.717, 1.165) is 41.5 Å². The molecule has 0 saturated carbocycles. The predicted octanol–water partition coefficient (Wildman–Crippen LogP) is 3.77. The van der Waals surface area contributed by atoms with Crippen LogP contribution in [0.25, 0.3) is 10.2 Å². The predicted molar refractivity (Wildman–Crippen MR) is 104 cm³/mol. The zero-order chi connectivity index (χ0) is 17.4. The Morgan fingerprint density at radius 2 is 2.04 bits per heavy atom. The summed E-state index contributed by atoms with van der Waals surface area (Å²) in [4.78, 5) is 26.6. The van der Waals surface area contributed by atoms with E-state index in [1.54, 1.807) is 29.0 Å². The first kappa shape index (κ1) is 16.5. The van der Waals surface area contributed by atoms with Gasteiger partial charge < -0.3 is 10.2 Å². The second-order valence-corrected chi connectivity index (χ2v) is 8.59. The average Bonchev–Trinajstić information content (AvgIpc) is 3.22. The molecule has 1 amide bonds. The Labute approximate surface area is 154 Å². The highest BCUT2D eigenvalue weighted by atomic mass is 32.1. The summed E-state index contributed by atoms with van der Waals surface area (Å²) in [6, 6.07) is 4.12. The van der Waals surface area contributed by atoms with Gasteiger partial charge in [-0.1, -0.05) is 0 Å². The Balaban J connectivity index is 1.43. The molecule has 3 aromatic heterocycles. The van der Waals surface area contributed by atoms with E-state index in [-0.39, 0.29) is 11.9 Å². The molecule has 1 N–H and O–H groups in total. The molecule has 1 aliphatic rings. The van der Waals surface area contributed by atoms with Crippen LogP contribution >= 0.6 is 22.7 Å². The van der Waals surface area contributed by atoms with Crippen LogP contribution in [0.2, 0.25) is 0 Å². The number of aryl methyl sites for hydroxylation is 2. The van der Waals surface area contributed by atoms with Gasteiger partial charge in [-0.2, -0.15) is 0 Å². The lowest BCUT2D eigenvalue weighted by molar-refractivity contribution is 0.0935. The van der Waals surface area contributed by atoms with Crippen LogP contribution in [0.15, 0.2) is 23.8 Å². The number of thiophene rings is 2. The second kappa shape index (κ2) is 6.72. The van der Waals surface area contributed by atoms with Crippen molar-refractivity contribution in [1.82, 2.24) is 15.3 Å². The molecule has 1 fully saturated rings. The molecule has 7 heteroatoms. The van der Waals surface area contributed by atoms with Crippen molar-refractivity contribution in [2.24, 2.45) is 0 Å². The highest BCUT2D eigenvalue weighted by Crippen LogP contribution is 2.32. The summed E-state index contributed by atoms with van der Waals surface area (Å²) < 4.78 is 0. The summed E-state index contributed by atoms with van der Waals surface area (Å²) in [5, 5.41) is 6.49.